The summed E-state index contributed by atoms with van der Waals surface area (Å²) < 4.78 is 7.22. The molecule has 3 rings (SSSR count). The quantitative estimate of drug-likeness (QED) is 0.688. The summed E-state index contributed by atoms with van der Waals surface area (Å²) >= 11 is 1.47. The van der Waals surface area contributed by atoms with Gasteiger partial charge in [-0.2, -0.15) is 0 Å². The minimum absolute atomic E-state index is 0.339. The van der Waals surface area contributed by atoms with Crippen LogP contribution in [0.4, 0.5) is 0 Å². The van der Waals surface area contributed by atoms with Crippen LogP contribution in [0.15, 0.2) is 42.4 Å². The summed E-state index contributed by atoms with van der Waals surface area (Å²) in [5.41, 5.74) is 1.37. The van der Waals surface area contributed by atoms with E-state index in [9.17, 15) is 4.79 Å². The van der Waals surface area contributed by atoms with Gasteiger partial charge >= 0.3 is 5.97 Å². The number of hydrogen-bond donors (Lipinski definition) is 0. The Labute approximate surface area is 113 Å². The molecule has 0 fully saturated rings. The van der Waals surface area contributed by atoms with Crippen LogP contribution in [0.3, 0.4) is 0 Å². The summed E-state index contributed by atoms with van der Waals surface area (Å²) in [6.07, 6.45) is 6.52. The SMILES string of the molecule is CC(OC(=O)c1ccn2cncc2c1)c1nccs1. The van der Waals surface area contributed by atoms with Crippen molar-refractivity contribution in [3.05, 3.63) is 53.0 Å². The van der Waals surface area contributed by atoms with Crippen LogP contribution in [0.2, 0.25) is 0 Å². The normalized spacial score (nSPS) is 12.5. The highest BCUT2D eigenvalue weighted by molar-refractivity contribution is 7.09. The van der Waals surface area contributed by atoms with E-state index in [4.69, 9.17) is 4.74 Å². The summed E-state index contributed by atoms with van der Waals surface area (Å²) in [7, 11) is 0. The zero-order valence-corrected chi connectivity index (χ0v) is 11.0. The Kier molecular flexibility index (Phi) is 3.00. The average Bonchev–Trinajstić information content (AvgIpc) is 3.09. The molecule has 3 aromatic heterocycles. The lowest BCUT2D eigenvalue weighted by Gasteiger charge is -2.10. The van der Waals surface area contributed by atoms with Gasteiger partial charge in [0.25, 0.3) is 0 Å². The second kappa shape index (κ2) is 4.81. The number of carbonyl (C=O) groups excluding carboxylic acids is 1. The maximum absolute atomic E-state index is 12.0. The van der Waals surface area contributed by atoms with Gasteiger partial charge in [-0.3, -0.25) is 0 Å². The molecule has 3 aromatic rings. The van der Waals surface area contributed by atoms with Crippen molar-refractivity contribution < 1.29 is 9.53 Å². The fourth-order valence-electron chi connectivity index (χ4n) is 1.76. The molecule has 1 unspecified atom stereocenters. The molecular formula is C13H11N3O2S. The number of fused-ring (bicyclic) bond motifs is 1. The van der Waals surface area contributed by atoms with Gasteiger partial charge in [0.15, 0.2) is 6.10 Å². The van der Waals surface area contributed by atoms with Gasteiger partial charge < -0.3 is 9.14 Å². The minimum atomic E-state index is -0.355. The molecule has 0 amide bonds. The van der Waals surface area contributed by atoms with E-state index >= 15 is 0 Å². The van der Waals surface area contributed by atoms with E-state index in [1.54, 1.807) is 37.1 Å². The maximum Gasteiger partial charge on any atom is 0.338 e. The van der Waals surface area contributed by atoms with Gasteiger partial charge in [0, 0.05) is 17.8 Å². The average molecular weight is 273 g/mol. The molecule has 0 N–H and O–H groups in total. The Bertz CT molecular complexity index is 706. The highest BCUT2D eigenvalue weighted by Gasteiger charge is 2.15. The molecule has 1 atom stereocenters. The second-order valence-electron chi connectivity index (χ2n) is 4.06. The van der Waals surface area contributed by atoms with E-state index in [2.05, 4.69) is 9.97 Å². The standard InChI is InChI=1S/C13H11N3O2S/c1-9(12-15-3-5-19-12)18-13(17)10-2-4-16-8-14-7-11(16)6-10/h2-9H,1H3. The van der Waals surface area contributed by atoms with Crippen molar-refractivity contribution in [1.29, 1.82) is 0 Å². The third kappa shape index (κ3) is 2.34. The Balaban J connectivity index is 1.79. The number of ether oxygens (including phenoxy) is 1. The third-order valence-electron chi connectivity index (χ3n) is 2.73. The van der Waals surface area contributed by atoms with Crippen LogP contribution in [0.5, 0.6) is 0 Å². The molecule has 0 radical (unpaired) electrons. The van der Waals surface area contributed by atoms with Gasteiger partial charge in [0.1, 0.15) is 5.01 Å². The van der Waals surface area contributed by atoms with Crippen molar-refractivity contribution in [3.8, 4) is 0 Å². The molecule has 0 saturated carbocycles. The number of thiazole rings is 1. The number of nitrogens with zero attached hydrogens (tertiary/aromatic N) is 3. The number of esters is 1. The first-order valence-electron chi connectivity index (χ1n) is 5.76. The smallest absolute Gasteiger partial charge is 0.338 e. The summed E-state index contributed by atoms with van der Waals surface area (Å²) in [6, 6.07) is 3.47. The van der Waals surface area contributed by atoms with Crippen LogP contribution >= 0.6 is 11.3 Å². The lowest BCUT2D eigenvalue weighted by atomic mass is 10.2. The molecule has 5 nitrogen and oxygen atoms in total. The van der Waals surface area contributed by atoms with Crippen LogP contribution in [0, 0.1) is 0 Å². The van der Waals surface area contributed by atoms with Gasteiger partial charge in [-0.05, 0) is 19.1 Å². The molecular weight excluding hydrogens is 262 g/mol. The van der Waals surface area contributed by atoms with Crippen molar-refractivity contribution in [2.75, 3.05) is 0 Å². The zero-order chi connectivity index (χ0) is 13.2. The summed E-state index contributed by atoms with van der Waals surface area (Å²) in [4.78, 5) is 20.2. The first-order chi connectivity index (χ1) is 9.24. The number of hydrogen-bond acceptors (Lipinski definition) is 5. The second-order valence-corrected chi connectivity index (χ2v) is 4.99. The van der Waals surface area contributed by atoms with Crippen molar-refractivity contribution in [1.82, 2.24) is 14.4 Å². The molecule has 0 aliphatic heterocycles. The fraction of sp³-hybridized carbons (Fsp3) is 0.154. The number of carbonyl (C=O) groups is 1. The third-order valence-corrected chi connectivity index (χ3v) is 3.67. The number of pyridine rings is 1. The van der Waals surface area contributed by atoms with Crippen molar-refractivity contribution in [2.24, 2.45) is 0 Å². The Morgan fingerprint density at radius 1 is 1.53 bits per heavy atom. The topological polar surface area (TPSA) is 56.5 Å². The predicted octanol–water partition coefficient (Wildman–Crippen LogP) is 2.71. The zero-order valence-electron chi connectivity index (χ0n) is 10.2. The van der Waals surface area contributed by atoms with Gasteiger partial charge in [-0.1, -0.05) is 0 Å². The van der Waals surface area contributed by atoms with Gasteiger partial charge in [0.05, 0.1) is 23.6 Å². The van der Waals surface area contributed by atoms with E-state index in [0.717, 1.165) is 10.5 Å². The van der Waals surface area contributed by atoms with E-state index in [1.807, 2.05) is 16.7 Å². The van der Waals surface area contributed by atoms with Crippen LogP contribution in [0.1, 0.15) is 28.4 Å². The minimum Gasteiger partial charge on any atom is -0.452 e. The summed E-state index contributed by atoms with van der Waals surface area (Å²) in [5, 5.41) is 2.65. The van der Waals surface area contributed by atoms with Crippen LogP contribution < -0.4 is 0 Å². The molecule has 0 aliphatic carbocycles. The van der Waals surface area contributed by atoms with Crippen LogP contribution in [0.25, 0.3) is 5.52 Å². The maximum atomic E-state index is 12.0. The lowest BCUT2D eigenvalue weighted by Crippen LogP contribution is -2.09. The highest BCUT2D eigenvalue weighted by Crippen LogP contribution is 2.20. The Hall–Kier alpha value is -2.21. The monoisotopic (exact) mass is 273 g/mol. The lowest BCUT2D eigenvalue weighted by molar-refractivity contribution is 0.0337. The molecule has 96 valence electrons. The number of aromatic nitrogens is 3. The van der Waals surface area contributed by atoms with Crippen molar-refractivity contribution in [3.63, 3.8) is 0 Å². The van der Waals surface area contributed by atoms with Gasteiger partial charge in [0.2, 0.25) is 0 Å². The molecule has 3 heterocycles. The fourth-order valence-corrected chi connectivity index (χ4v) is 2.38. The molecule has 0 aliphatic rings. The van der Waals surface area contributed by atoms with Crippen molar-refractivity contribution in [2.45, 2.75) is 13.0 Å². The highest BCUT2D eigenvalue weighted by atomic mass is 32.1. The predicted molar refractivity (Wildman–Crippen MR) is 71.1 cm³/mol. The van der Waals surface area contributed by atoms with Crippen LogP contribution in [-0.2, 0) is 4.74 Å². The van der Waals surface area contributed by atoms with E-state index in [0.29, 0.717) is 5.56 Å². The van der Waals surface area contributed by atoms with E-state index in [1.165, 1.54) is 11.3 Å². The molecule has 0 aromatic carbocycles. The molecule has 19 heavy (non-hydrogen) atoms. The Morgan fingerprint density at radius 2 is 2.42 bits per heavy atom. The molecule has 6 heteroatoms. The van der Waals surface area contributed by atoms with Gasteiger partial charge in [-0.25, -0.2) is 14.8 Å². The Morgan fingerprint density at radius 3 is 3.21 bits per heavy atom. The summed E-state index contributed by atoms with van der Waals surface area (Å²) in [5.74, 6) is -0.355. The largest absolute Gasteiger partial charge is 0.452 e. The molecule has 0 saturated heterocycles. The first kappa shape index (κ1) is 11.9. The first-order valence-corrected chi connectivity index (χ1v) is 6.64. The van der Waals surface area contributed by atoms with Gasteiger partial charge in [-0.15, -0.1) is 11.3 Å². The van der Waals surface area contributed by atoms with E-state index < -0.39 is 0 Å². The molecule has 0 bridgehead atoms. The van der Waals surface area contributed by atoms with Crippen LogP contribution in [-0.4, -0.2) is 20.3 Å². The number of rotatable bonds is 3. The van der Waals surface area contributed by atoms with Crippen molar-refractivity contribution >= 4 is 22.8 Å². The van der Waals surface area contributed by atoms with E-state index in [-0.39, 0.29) is 12.1 Å². The number of imidazole rings is 1. The molecule has 0 spiro atoms. The summed E-state index contributed by atoms with van der Waals surface area (Å²) in [6.45, 7) is 1.81.